The Morgan fingerprint density at radius 1 is 1.47 bits per heavy atom. The molecule has 4 nitrogen and oxygen atoms in total. The van der Waals surface area contributed by atoms with Crippen molar-refractivity contribution in [2.24, 2.45) is 7.05 Å². The Hall–Kier alpha value is -1.27. The zero-order valence-electron chi connectivity index (χ0n) is 10.9. The third-order valence-electron chi connectivity index (χ3n) is 2.92. The van der Waals surface area contributed by atoms with Crippen LogP contribution in [0.25, 0.3) is 0 Å². The largest absolute Gasteiger partial charge is 0.305 e. The Balaban J connectivity index is 2.45. The molecule has 2 aromatic rings. The number of nitrogens with zero attached hydrogens (tertiary/aromatic N) is 3. The summed E-state index contributed by atoms with van der Waals surface area (Å²) in [6, 6.07) is 1.45. The molecule has 0 aliphatic rings. The number of rotatable bonds is 5. The number of hydrogen-bond acceptors (Lipinski definition) is 3. The predicted molar refractivity (Wildman–Crippen MR) is 75.2 cm³/mol. The van der Waals surface area contributed by atoms with E-state index >= 15 is 0 Å². The van der Waals surface area contributed by atoms with Crippen molar-refractivity contribution in [3.05, 3.63) is 46.2 Å². The zero-order valence-corrected chi connectivity index (χ0v) is 12.5. The van der Waals surface area contributed by atoms with Gasteiger partial charge >= 0.3 is 0 Å². The second-order valence-electron chi connectivity index (χ2n) is 4.29. The maximum absolute atomic E-state index is 14.0. The van der Waals surface area contributed by atoms with Crippen LogP contribution in [0.5, 0.6) is 0 Å². The van der Waals surface area contributed by atoms with Crippen molar-refractivity contribution in [1.82, 2.24) is 20.1 Å². The lowest BCUT2D eigenvalue weighted by Gasteiger charge is -2.20. The summed E-state index contributed by atoms with van der Waals surface area (Å²) in [5.74, 6) is -0.316. The van der Waals surface area contributed by atoms with Gasteiger partial charge < -0.3 is 5.32 Å². The molecule has 0 fully saturated rings. The van der Waals surface area contributed by atoms with E-state index in [2.05, 4.69) is 38.3 Å². The van der Waals surface area contributed by atoms with E-state index in [4.69, 9.17) is 0 Å². The van der Waals surface area contributed by atoms with Crippen LogP contribution in [0, 0.1) is 5.82 Å². The molecule has 0 aliphatic heterocycles. The number of halogens is 2. The second kappa shape index (κ2) is 6.25. The molecule has 0 bridgehead atoms. The highest BCUT2D eigenvalue weighted by atomic mass is 79.9. The van der Waals surface area contributed by atoms with E-state index in [-0.39, 0.29) is 11.9 Å². The van der Waals surface area contributed by atoms with E-state index in [1.807, 2.05) is 7.05 Å². The van der Waals surface area contributed by atoms with Gasteiger partial charge in [-0.05, 0) is 35.0 Å². The molecule has 0 aromatic carbocycles. The molecule has 0 amide bonds. The van der Waals surface area contributed by atoms with E-state index in [0.717, 1.165) is 23.1 Å². The van der Waals surface area contributed by atoms with Gasteiger partial charge in [0, 0.05) is 18.8 Å². The van der Waals surface area contributed by atoms with Crippen LogP contribution >= 0.6 is 15.9 Å². The van der Waals surface area contributed by atoms with Crippen molar-refractivity contribution >= 4 is 15.9 Å². The molecule has 102 valence electrons. The van der Waals surface area contributed by atoms with Gasteiger partial charge in [-0.25, -0.2) is 4.39 Å². The molecule has 19 heavy (non-hydrogen) atoms. The van der Waals surface area contributed by atoms with Gasteiger partial charge in [-0.15, -0.1) is 0 Å². The number of hydrogen-bond donors (Lipinski definition) is 1. The van der Waals surface area contributed by atoms with Crippen LogP contribution in [0.2, 0.25) is 0 Å². The Morgan fingerprint density at radius 2 is 2.26 bits per heavy atom. The average molecular weight is 327 g/mol. The van der Waals surface area contributed by atoms with Crippen molar-refractivity contribution < 1.29 is 4.39 Å². The average Bonchev–Trinajstić information content (AvgIpc) is 2.73. The molecule has 1 unspecified atom stereocenters. The minimum atomic E-state index is -0.316. The van der Waals surface area contributed by atoms with Crippen molar-refractivity contribution in [3.8, 4) is 0 Å². The van der Waals surface area contributed by atoms with Crippen LogP contribution in [-0.2, 0) is 7.05 Å². The first-order valence-corrected chi connectivity index (χ1v) is 6.94. The smallest absolute Gasteiger partial charge is 0.146 e. The van der Waals surface area contributed by atoms with E-state index < -0.39 is 0 Å². The summed E-state index contributed by atoms with van der Waals surface area (Å²) in [7, 11) is 1.85. The van der Waals surface area contributed by atoms with Gasteiger partial charge in [0.05, 0.1) is 28.6 Å². The lowest BCUT2D eigenvalue weighted by Crippen LogP contribution is -2.26. The highest BCUT2D eigenvalue weighted by Gasteiger charge is 2.22. The fourth-order valence-electron chi connectivity index (χ4n) is 2.01. The monoisotopic (exact) mass is 326 g/mol. The minimum absolute atomic E-state index is 0.246. The number of nitrogens with one attached hydrogen (secondary N) is 1. The Morgan fingerprint density at radius 3 is 2.84 bits per heavy atom. The van der Waals surface area contributed by atoms with E-state index in [0.29, 0.717) is 5.56 Å². The highest BCUT2D eigenvalue weighted by molar-refractivity contribution is 9.10. The van der Waals surface area contributed by atoms with E-state index in [1.165, 1.54) is 6.20 Å². The maximum atomic E-state index is 14.0. The number of aryl methyl sites for hydroxylation is 1. The lowest BCUT2D eigenvalue weighted by molar-refractivity contribution is 0.516. The Bertz CT molecular complexity index is 536. The van der Waals surface area contributed by atoms with Gasteiger partial charge in [-0.3, -0.25) is 9.67 Å². The van der Waals surface area contributed by atoms with Crippen molar-refractivity contribution in [2.75, 3.05) is 6.54 Å². The first kappa shape index (κ1) is 14.1. The van der Waals surface area contributed by atoms with E-state index in [9.17, 15) is 4.39 Å². The first-order valence-electron chi connectivity index (χ1n) is 6.15. The van der Waals surface area contributed by atoms with Crippen LogP contribution in [0.4, 0.5) is 4.39 Å². The molecule has 0 spiro atoms. The van der Waals surface area contributed by atoms with Gasteiger partial charge in [0.15, 0.2) is 0 Å². The zero-order chi connectivity index (χ0) is 13.8. The fraction of sp³-hybridized carbons (Fsp3) is 0.385. The van der Waals surface area contributed by atoms with Gasteiger partial charge in [-0.1, -0.05) is 6.92 Å². The van der Waals surface area contributed by atoms with Gasteiger partial charge in [0.2, 0.25) is 0 Å². The van der Waals surface area contributed by atoms with Crippen molar-refractivity contribution in [2.45, 2.75) is 19.4 Å². The summed E-state index contributed by atoms with van der Waals surface area (Å²) in [6.45, 7) is 2.87. The molecule has 1 atom stereocenters. The maximum Gasteiger partial charge on any atom is 0.146 e. The summed E-state index contributed by atoms with van der Waals surface area (Å²) in [4.78, 5) is 3.80. The van der Waals surface area contributed by atoms with Gasteiger partial charge in [0.25, 0.3) is 0 Å². The van der Waals surface area contributed by atoms with Crippen molar-refractivity contribution in [3.63, 3.8) is 0 Å². The molecular weight excluding hydrogens is 311 g/mol. The number of aromatic nitrogens is 3. The molecule has 2 rings (SSSR count). The summed E-state index contributed by atoms with van der Waals surface area (Å²) >= 11 is 3.47. The van der Waals surface area contributed by atoms with Crippen LogP contribution in [0.15, 0.2) is 29.1 Å². The first-order chi connectivity index (χ1) is 9.15. The lowest BCUT2D eigenvalue weighted by atomic mass is 10.0. The quantitative estimate of drug-likeness (QED) is 0.918. The Kier molecular flexibility index (Phi) is 4.66. The standard InChI is InChI=1S/C13H16BrFN4/c1-3-5-17-12(9-4-6-16-8-11(9)15)13-10(14)7-18-19(13)2/h4,6-8,12,17H,3,5H2,1-2H3. The fourth-order valence-corrected chi connectivity index (χ4v) is 2.58. The highest BCUT2D eigenvalue weighted by Crippen LogP contribution is 2.29. The molecule has 0 saturated carbocycles. The Labute approximate surface area is 120 Å². The van der Waals surface area contributed by atoms with Crippen LogP contribution in [-0.4, -0.2) is 21.3 Å². The van der Waals surface area contributed by atoms with Crippen LogP contribution in [0.3, 0.4) is 0 Å². The normalized spacial score (nSPS) is 12.6. The van der Waals surface area contributed by atoms with Gasteiger partial charge in [0.1, 0.15) is 5.82 Å². The SMILES string of the molecule is CCCNC(c1ccncc1F)c1c(Br)cnn1C. The topological polar surface area (TPSA) is 42.7 Å². The van der Waals surface area contributed by atoms with Crippen LogP contribution in [0.1, 0.15) is 30.6 Å². The molecule has 0 aliphatic carbocycles. The van der Waals surface area contributed by atoms with E-state index in [1.54, 1.807) is 23.1 Å². The summed E-state index contributed by atoms with van der Waals surface area (Å²) in [5.41, 5.74) is 1.48. The third kappa shape index (κ3) is 3.01. The summed E-state index contributed by atoms with van der Waals surface area (Å²) in [5, 5.41) is 7.54. The molecular formula is C13H16BrFN4. The summed E-state index contributed by atoms with van der Waals surface area (Å²) < 4.78 is 16.6. The molecule has 2 heterocycles. The number of pyridine rings is 1. The molecule has 2 aromatic heterocycles. The molecule has 0 radical (unpaired) electrons. The third-order valence-corrected chi connectivity index (χ3v) is 3.54. The molecule has 6 heteroatoms. The van der Waals surface area contributed by atoms with Crippen molar-refractivity contribution in [1.29, 1.82) is 0 Å². The minimum Gasteiger partial charge on any atom is -0.305 e. The molecule has 0 saturated heterocycles. The summed E-state index contributed by atoms with van der Waals surface area (Å²) in [6.07, 6.45) is 5.53. The van der Waals surface area contributed by atoms with Crippen LogP contribution < -0.4 is 5.32 Å². The molecule has 1 N–H and O–H groups in total. The second-order valence-corrected chi connectivity index (χ2v) is 5.14. The predicted octanol–water partition coefficient (Wildman–Crippen LogP) is 2.81. The van der Waals surface area contributed by atoms with Gasteiger partial charge in [-0.2, -0.15) is 5.10 Å².